The molecule has 2 N–H and O–H groups in total. The van der Waals surface area contributed by atoms with Gasteiger partial charge in [-0.15, -0.1) is 0 Å². The molecule has 126 valence electrons. The number of anilines is 1. The number of nitrogens with zero attached hydrogens (tertiary/aromatic N) is 1. The van der Waals surface area contributed by atoms with Gasteiger partial charge in [-0.1, -0.05) is 30.3 Å². The van der Waals surface area contributed by atoms with E-state index < -0.39 is 0 Å². The molecule has 0 amide bonds. The molecule has 1 aliphatic rings. The predicted octanol–water partition coefficient (Wildman–Crippen LogP) is 2.34. The topological polar surface area (TPSA) is 61.8 Å². The number of fused-ring (bicyclic) bond motifs is 1. The highest BCUT2D eigenvalue weighted by molar-refractivity contribution is 5.98. The van der Waals surface area contributed by atoms with Crippen LogP contribution >= 0.6 is 0 Å². The molecule has 0 fully saturated rings. The molecule has 24 heavy (non-hydrogen) atoms. The largest absolute Gasteiger partial charge is 0.482 e. The Morgan fingerprint density at radius 1 is 1.29 bits per heavy atom. The number of Topliss-reactive ketones (excluding diaryl/α,β-unsaturated/α-hetero) is 1. The van der Waals surface area contributed by atoms with E-state index in [1.807, 2.05) is 49.5 Å². The van der Waals surface area contributed by atoms with Gasteiger partial charge in [0, 0.05) is 12.1 Å². The molecule has 5 nitrogen and oxygen atoms in total. The maximum absolute atomic E-state index is 12.3. The first-order chi connectivity index (χ1) is 11.7. The maximum Gasteiger partial charge on any atom is 0.176 e. The summed E-state index contributed by atoms with van der Waals surface area (Å²) in [5, 5.41) is 12.3. The van der Waals surface area contributed by atoms with Crippen molar-refractivity contribution in [1.82, 2.24) is 4.90 Å². The summed E-state index contributed by atoms with van der Waals surface area (Å²) in [5.41, 5.74) is 2.62. The van der Waals surface area contributed by atoms with Gasteiger partial charge >= 0.3 is 0 Å². The molecular formula is C19H22N2O3. The van der Waals surface area contributed by atoms with Gasteiger partial charge in [0.05, 0.1) is 25.4 Å². The van der Waals surface area contributed by atoms with Crippen LogP contribution in [-0.4, -0.2) is 49.1 Å². The van der Waals surface area contributed by atoms with Crippen molar-refractivity contribution in [2.75, 3.05) is 38.6 Å². The number of nitrogens with one attached hydrogen (secondary N) is 1. The summed E-state index contributed by atoms with van der Waals surface area (Å²) in [5.74, 6) is 0.788. The molecular weight excluding hydrogens is 304 g/mol. The molecule has 0 saturated heterocycles. The number of carbonyl (C=O) groups is 1. The highest BCUT2D eigenvalue weighted by Gasteiger charge is 2.22. The maximum atomic E-state index is 12.3. The Kier molecular flexibility index (Phi) is 5.13. The van der Waals surface area contributed by atoms with Gasteiger partial charge in [0.2, 0.25) is 0 Å². The second-order valence-corrected chi connectivity index (χ2v) is 5.99. The minimum atomic E-state index is -0.0315. The molecule has 0 radical (unpaired) electrons. The van der Waals surface area contributed by atoms with Crippen LogP contribution in [0.15, 0.2) is 48.5 Å². The molecule has 3 rings (SSSR count). The van der Waals surface area contributed by atoms with E-state index in [4.69, 9.17) is 9.84 Å². The highest BCUT2D eigenvalue weighted by Crippen LogP contribution is 2.34. The molecule has 2 aromatic rings. The monoisotopic (exact) mass is 326 g/mol. The molecule has 0 aliphatic carbocycles. The Balaban J connectivity index is 1.71. The molecule has 0 spiro atoms. The van der Waals surface area contributed by atoms with Crippen molar-refractivity contribution in [1.29, 1.82) is 0 Å². The van der Waals surface area contributed by atoms with E-state index >= 15 is 0 Å². The number of likely N-dealkylation sites (N-methyl/N-ethyl adjacent to an activating group) is 1. The zero-order valence-electron chi connectivity index (χ0n) is 13.7. The van der Waals surface area contributed by atoms with E-state index in [1.165, 1.54) is 0 Å². The zero-order chi connectivity index (χ0) is 16.9. The summed E-state index contributed by atoms with van der Waals surface area (Å²) in [7, 11) is 1.82. The van der Waals surface area contributed by atoms with Gasteiger partial charge in [-0.25, -0.2) is 0 Å². The summed E-state index contributed by atoms with van der Waals surface area (Å²) in [4.78, 5) is 14.1. The fraction of sp³-hybridized carbons (Fsp3) is 0.316. The lowest BCUT2D eigenvalue weighted by Crippen LogP contribution is -2.29. The number of aliphatic hydroxyl groups excluding tert-OH is 1. The van der Waals surface area contributed by atoms with Gasteiger partial charge in [0.15, 0.2) is 5.78 Å². The first kappa shape index (κ1) is 16.5. The van der Waals surface area contributed by atoms with Crippen LogP contribution in [-0.2, 0) is 0 Å². The minimum Gasteiger partial charge on any atom is -0.482 e. The lowest BCUT2D eigenvalue weighted by Gasteiger charge is -2.28. The standard InChI is InChI=1S/C19H22N2O3/c1-21(9-10-22)13-17(23)15-7-8-18-16(11-15)20-12-19(24-18)14-5-3-2-4-6-14/h2-8,11,19-20,22H,9-10,12-13H2,1H3. The normalized spacial score (nSPS) is 16.2. The van der Waals surface area contributed by atoms with Crippen molar-refractivity contribution in [2.45, 2.75) is 6.10 Å². The number of rotatable bonds is 6. The van der Waals surface area contributed by atoms with Crippen LogP contribution in [0.25, 0.3) is 0 Å². The van der Waals surface area contributed by atoms with Crippen molar-refractivity contribution < 1.29 is 14.6 Å². The third-order valence-corrected chi connectivity index (χ3v) is 4.12. The summed E-state index contributed by atoms with van der Waals surface area (Å²) in [6.07, 6.45) is -0.0315. The highest BCUT2D eigenvalue weighted by atomic mass is 16.5. The van der Waals surface area contributed by atoms with Crippen molar-refractivity contribution in [3.05, 3.63) is 59.7 Å². The van der Waals surface area contributed by atoms with Crippen LogP contribution in [0, 0.1) is 0 Å². The van der Waals surface area contributed by atoms with Crippen LogP contribution in [0.5, 0.6) is 5.75 Å². The summed E-state index contributed by atoms with van der Waals surface area (Å²) in [6.45, 7) is 1.48. The van der Waals surface area contributed by atoms with E-state index in [0.29, 0.717) is 18.7 Å². The summed E-state index contributed by atoms with van der Waals surface area (Å²) in [6, 6.07) is 15.6. The van der Waals surface area contributed by atoms with Gasteiger partial charge in [0.25, 0.3) is 0 Å². The number of aliphatic hydroxyl groups is 1. The quantitative estimate of drug-likeness (QED) is 0.798. The molecule has 2 aromatic carbocycles. The second-order valence-electron chi connectivity index (χ2n) is 5.99. The Hall–Kier alpha value is -2.37. The van der Waals surface area contributed by atoms with Gasteiger partial charge in [-0.3, -0.25) is 9.69 Å². The number of ketones is 1. The third kappa shape index (κ3) is 3.75. The molecule has 0 saturated carbocycles. The molecule has 0 aromatic heterocycles. The molecule has 0 bridgehead atoms. The first-order valence-electron chi connectivity index (χ1n) is 8.09. The first-order valence-corrected chi connectivity index (χ1v) is 8.09. The van der Waals surface area contributed by atoms with Crippen LogP contribution in [0.4, 0.5) is 5.69 Å². The summed E-state index contributed by atoms with van der Waals surface area (Å²) < 4.78 is 6.06. The summed E-state index contributed by atoms with van der Waals surface area (Å²) >= 11 is 0. The van der Waals surface area contributed by atoms with Crippen molar-refractivity contribution >= 4 is 11.5 Å². The van der Waals surface area contributed by atoms with Gasteiger partial charge in [-0.2, -0.15) is 0 Å². The van der Waals surface area contributed by atoms with Crippen LogP contribution in [0.2, 0.25) is 0 Å². The zero-order valence-corrected chi connectivity index (χ0v) is 13.7. The van der Waals surface area contributed by atoms with E-state index in [-0.39, 0.29) is 25.0 Å². The smallest absolute Gasteiger partial charge is 0.176 e. The number of carbonyl (C=O) groups excluding carboxylic acids is 1. The number of hydrogen-bond acceptors (Lipinski definition) is 5. The van der Waals surface area contributed by atoms with Gasteiger partial charge in [0.1, 0.15) is 11.9 Å². The lowest BCUT2D eigenvalue weighted by atomic mass is 10.1. The number of hydrogen-bond donors (Lipinski definition) is 2. The molecule has 5 heteroatoms. The predicted molar refractivity (Wildman–Crippen MR) is 93.7 cm³/mol. The van der Waals surface area contributed by atoms with Gasteiger partial charge < -0.3 is 15.2 Å². The minimum absolute atomic E-state index is 0.0285. The molecule has 1 atom stereocenters. The van der Waals surface area contributed by atoms with E-state index in [2.05, 4.69) is 5.32 Å². The fourth-order valence-corrected chi connectivity index (χ4v) is 2.78. The van der Waals surface area contributed by atoms with E-state index in [1.54, 1.807) is 11.0 Å². The third-order valence-electron chi connectivity index (χ3n) is 4.12. The molecule has 1 unspecified atom stereocenters. The Morgan fingerprint density at radius 2 is 2.08 bits per heavy atom. The van der Waals surface area contributed by atoms with Gasteiger partial charge in [-0.05, 0) is 30.8 Å². The molecule has 1 heterocycles. The van der Waals surface area contributed by atoms with Crippen LogP contribution in [0.3, 0.4) is 0 Å². The van der Waals surface area contributed by atoms with Crippen molar-refractivity contribution in [3.8, 4) is 5.75 Å². The lowest BCUT2D eigenvalue weighted by molar-refractivity contribution is 0.0935. The van der Waals surface area contributed by atoms with E-state index in [9.17, 15) is 4.79 Å². The Morgan fingerprint density at radius 3 is 2.83 bits per heavy atom. The van der Waals surface area contributed by atoms with Crippen molar-refractivity contribution in [2.24, 2.45) is 0 Å². The Labute approximate surface area is 141 Å². The van der Waals surface area contributed by atoms with Crippen LogP contribution < -0.4 is 10.1 Å². The fourth-order valence-electron chi connectivity index (χ4n) is 2.78. The average molecular weight is 326 g/mol. The average Bonchev–Trinajstić information content (AvgIpc) is 2.61. The number of benzene rings is 2. The van der Waals surface area contributed by atoms with Crippen molar-refractivity contribution in [3.63, 3.8) is 0 Å². The SMILES string of the molecule is CN(CCO)CC(=O)c1ccc2c(c1)NCC(c1ccccc1)O2. The van der Waals surface area contributed by atoms with Crippen LogP contribution in [0.1, 0.15) is 22.0 Å². The second kappa shape index (κ2) is 7.47. The molecule has 1 aliphatic heterocycles. The van der Waals surface area contributed by atoms with E-state index in [0.717, 1.165) is 17.0 Å². The Bertz CT molecular complexity index is 703. The number of ether oxygens (including phenoxy) is 1.